The van der Waals surface area contributed by atoms with Crippen molar-refractivity contribution in [1.29, 1.82) is 0 Å². The summed E-state index contributed by atoms with van der Waals surface area (Å²) >= 11 is 0. The number of benzene rings is 2. The highest BCUT2D eigenvalue weighted by Crippen LogP contribution is 2.26. The highest BCUT2D eigenvalue weighted by Gasteiger charge is 2.29. The Morgan fingerprint density at radius 2 is 1.90 bits per heavy atom. The number of piperidine rings is 1. The molecule has 0 saturated carbocycles. The Balaban J connectivity index is 1.63. The quantitative estimate of drug-likeness (QED) is 0.542. The molecule has 2 heterocycles. The maximum absolute atomic E-state index is 13.0. The molecule has 0 N–H and O–H groups in total. The van der Waals surface area contributed by atoms with E-state index in [-0.39, 0.29) is 22.8 Å². The molecule has 1 aliphatic rings. The van der Waals surface area contributed by atoms with Crippen molar-refractivity contribution in [3.8, 4) is 5.75 Å². The Hall–Kier alpha value is -2.91. The van der Waals surface area contributed by atoms with Crippen LogP contribution in [0.25, 0.3) is 11.1 Å². The number of carbonyl (C=O) groups excluding carboxylic acids is 1. The molecular weight excluding hydrogens is 420 g/mol. The molecule has 0 spiro atoms. The number of nitrogens with zero attached hydrogens (tertiary/aromatic N) is 2. The fourth-order valence-electron chi connectivity index (χ4n) is 3.76. The molecule has 8 nitrogen and oxygen atoms in total. The first-order chi connectivity index (χ1) is 14.8. The van der Waals surface area contributed by atoms with Gasteiger partial charge in [-0.2, -0.15) is 4.31 Å². The summed E-state index contributed by atoms with van der Waals surface area (Å²) in [5.41, 5.74) is 0.904. The summed E-state index contributed by atoms with van der Waals surface area (Å²) < 4.78 is 39.0. The van der Waals surface area contributed by atoms with E-state index in [0.717, 1.165) is 12.8 Å². The van der Waals surface area contributed by atoms with Gasteiger partial charge in [0.25, 0.3) is 0 Å². The lowest BCUT2D eigenvalue weighted by atomic mass is 10.0. The standard InChI is InChI=1S/C22H24N2O6S/c1-15-8-10-23(11-9-15)31(27,28)18-6-7-19-21(13-18)30-22(26)24(19)14-20(25)16-4-3-5-17(12-16)29-2/h3-7,12-13,15H,8-11,14H2,1-2H3. The highest BCUT2D eigenvalue weighted by molar-refractivity contribution is 7.89. The van der Waals surface area contributed by atoms with E-state index in [1.165, 1.54) is 34.2 Å². The van der Waals surface area contributed by atoms with Gasteiger partial charge in [0.1, 0.15) is 5.75 Å². The molecular formula is C22H24N2O6S. The third-order valence-corrected chi connectivity index (χ3v) is 7.61. The van der Waals surface area contributed by atoms with Crippen LogP contribution in [0.1, 0.15) is 30.1 Å². The summed E-state index contributed by atoms with van der Waals surface area (Å²) in [6, 6.07) is 11.0. The van der Waals surface area contributed by atoms with Crippen molar-refractivity contribution in [2.75, 3.05) is 20.2 Å². The van der Waals surface area contributed by atoms with E-state index in [1.807, 2.05) is 0 Å². The second kappa shape index (κ2) is 8.32. The Labute approximate surface area is 180 Å². The van der Waals surface area contributed by atoms with E-state index < -0.39 is 15.8 Å². The fourth-order valence-corrected chi connectivity index (χ4v) is 5.25. The summed E-state index contributed by atoms with van der Waals surface area (Å²) in [5, 5.41) is 0. The SMILES string of the molecule is COc1cccc(C(=O)Cn2c(=O)oc3cc(S(=O)(=O)N4CCC(C)CC4)ccc32)c1. The van der Waals surface area contributed by atoms with Gasteiger partial charge in [-0.3, -0.25) is 9.36 Å². The summed E-state index contributed by atoms with van der Waals surface area (Å²) in [6.07, 6.45) is 1.64. The average Bonchev–Trinajstić information content (AvgIpc) is 3.08. The number of fused-ring (bicyclic) bond motifs is 1. The van der Waals surface area contributed by atoms with Crippen LogP contribution in [0.5, 0.6) is 5.75 Å². The first-order valence-corrected chi connectivity index (χ1v) is 11.5. The number of ketones is 1. The normalized spacial score (nSPS) is 15.9. The molecule has 31 heavy (non-hydrogen) atoms. The van der Waals surface area contributed by atoms with Crippen LogP contribution in [0.15, 0.2) is 56.6 Å². The van der Waals surface area contributed by atoms with Crippen molar-refractivity contribution in [2.24, 2.45) is 5.92 Å². The number of methoxy groups -OCH3 is 1. The molecule has 1 aromatic heterocycles. The molecule has 3 aromatic rings. The maximum atomic E-state index is 13.0. The number of rotatable bonds is 6. The van der Waals surface area contributed by atoms with E-state index in [9.17, 15) is 18.0 Å². The topological polar surface area (TPSA) is 98.8 Å². The third-order valence-electron chi connectivity index (χ3n) is 5.71. The van der Waals surface area contributed by atoms with Gasteiger partial charge in [-0.1, -0.05) is 19.1 Å². The molecule has 4 rings (SSSR count). The van der Waals surface area contributed by atoms with Crippen molar-refractivity contribution in [3.63, 3.8) is 0 Å². The van der Waals surface area contributed by atoms with Crippen LogP contribution < -0.4 is 10.5 Å². The molecule has 2 aromatic carbocycles. The molecule has 1 fully saturated rings. The number of Topliss-reactive ketones (excluding diaryl/α,β-unsaturated/α-hetero) is 1. The van der Waals surface area contributed by atoms with Gasteiger partial charge >= 0.3 is 5.76 Å². The number of oxazole rings is 1. The second-order valence-electron chi connectivity index (χ2n) is 7.83. The number of carbonyl (C=O) groups is 1. The van der Waals surface area contributed by atoms with E-state index >= 15 is 0 Å². The minimum atomic E-state index is -3.67. The predicted octanol–water partition coefficient (Wildman–Crippen LogP) is 2.91. The summed E-state index contributed by atoms with van der Waals surface area (Å²) in [5.74, 6) is 0.0377. The zero-order valence-electron chi connectivity index (χ0n) is 17.4. The maximum Gasteiger partial charge on any atom is 0.420 e. The molecule has 0 atom stereocenters. The van der Waals surface area contributed by atoms with Crippen LogP contribution in [0.4, 0.5) is 0 Å². The van der Waals surface area contributed by atoms with E-state index in [2.05, 4.69) is 6.92 Å². The lowest BCUT2D eigenvalue weighted by molar-refractivity contribution is 0.0970. The first-order valence-electron chi connectivity index (χ1n) is 10.1. The molecule has 0 aliphatic carbocycles. The second-order valence-corrected chi connectivity index (χ2v) is 9.76. The number of aromatic nitrogens is 1. The minimum Gasteiger partial charge on any atom is -0.497 e. The van der Waals surface area contributed by atoms with Crippen molar-refractivity contribution in [2.45, 2.75) is 31.2 Å². The van der Waals surface area contributed by atoms with Crippen LogP contribution in [0.3, 0.4) is 0 Å². The van der Waals surface area contributed by atoms with Gasteiger partial charge in [-0.15, -0.1) is 0 Å². The van der Waals surface area contributed by atoms with Gasteiger partial charge in [0.2, 0.25) is 10.0 Å². The van der Waals surface area contributed by atoms with Crippen LogP contribution in [0.2, 0.25) is 0 Å². The lowest BCUT2D eigenvalue weighted by Crippen LogP contribution is -2.37. The van der Waals surface area contributed by atoms with E-state index in [4.69, 9.17) is 9.15 Å². The molecule has 1 aliphatic heterocycles. The third kappa shape index (κ3) is 4.15. The molecule has 1 saturated heterocycles. The van der Waals surface area contributed by atoms with Crippen LogP contribution >= 0.6 is 0 Å². The predicted molar refractivity (Wildman–Crippen MR) is 115 cm³/mol. The lowest BCUT2D eigenvalue weighted by Gasteiger charge is -2.29. The van der Waals surface area contributed by atoms with Gasteiger partial charge in [-0.25, -0.2) is 13.2 Å². The largest absolute Gasteiger partial charge is 0.497 e. The van der Waals surface area contributed by atoms with Crippen LogP contribution in [-0.4, -0.2) is 43.3 Å². The molecule has 0 radical (unpaired) electrons. The minimum absolute atomic E-state index is 0.0783. The van der Waals surface area contributed by atoms with Gasteiger partial charge in [0, 0.05) is 24.7 Å². The van der Waals surface area contributed by atoms with E-state index in [1.54, 1.807) is 24.3 Å². The van der Waals surface area contributed by atoms with Crippen molar-refractivity contribution >= 4 is 26.9 Å². The van der Waals surface area contributed by atoms with E-state index in [0.29, 0.717) is 35.8 Å². The Kier molecular flexibility index (Phi) is 5.72. The summed E-state index contributed by atoms with van der Waals surface area (Å²) in [7, 11) is -2.17. The number of hydrogen-bond acceptors (Lipinski definition) is 6. The van der Waals surface area contributed by atoms with Gasteiger partial charge in [0.05, 0.1) is 24.1 Å². The highest BCUT2D eigenvalue weighted by atomic mass is 32.2. The van der Waals surface area contributed by atoms with Gasteiger partial charge in [-0.05, 0) is 43.0 Å². The summed E-state index contributed by atoms with van der Waals surface area (Å²) in [4.78, 5) is 25.1. The monoisotopic (exact) mass is 444 g/mol. The van der Waals surface area contributed by atoms with Crippen molar-refractivity contribution < 1.29 is 22.4 Å². The molecule has 0 amide bonds. The zero-order chi connectivity index (χ0) is 22.2. The number of ether oxygens (including phenoxy) is 1. The van der Waals surface area contributed by atoms with Crippen molar-refractivity contribution in [1.82, 2.24) is 8.87 Å². The summed E-state index contributed by atoms with van der Waals surface area (Å²) in [6.45, 7) is 2.83. The van der Waals surface area contributed by atoms with Crippen LogP contribution in [0, 0.1) is 5.92 Å². The molecule has 9 heteroatoms. The van der Waals surface area contributed by atoms with Crippen LogP contribution in [-0.2, 0) is 16.6 Å². The first kappa shape index (κ1) is 21.3. The fraction of sp³-hybridized carbons (Fsp3) is 0.364. The smallest absolute Gasteiger partial charge is 0.420 e. The zero-order valence-corrected chi connectivity index (χ0v) is 18.2. The number of sulfonamides is 1. The Morgan fingerprint density at radius 1 is 1.16 bits per heavy atom. The van der Waals surface area contributed by atoms with Gasteiger partial charge in [0.15, 0.2) is 11.4 Å². The average molecular weight is 445 g/mol. The Bertz CT molecular complexity index is 1280. The Morgan fingerprint density at radius 3 is 2.61 bits per heavy atom. The van der Waals surface area contributed by atoms with Crippen molar-refractivity contribution in [3.05, 3.63) is 58.6 Å². The number of hydrogen-bond donors (Lipinski definition) is 0. The molecule has 164 valence electrons. The van der Waals surface area contributed by atoms with Gasteiger partial charge < -0.3 is 9.15 Å². The molecule has 0 unspecified atom stereocenters. The molecule has 0 bridgehead atoms.